The fourth-order valence-electron chi connectivity index (χ4n) is 1.43. The van der Waals surface area contributed by atoms with Gasteiger partial charge in [-0.2, -0.15) is 5.10 Å². The number of aromatic nitrogens is 4. The first-order valence-electron chi connectivity index (χ1n) is 5.14. The summed E-state index contributed by atoms with van der Waals surface area (Å²) in [5.74, 6) is 1.20. The summed E-state index contributed by atoms with van der Waals surface area (Å²) in [6.45, 7) is 5.15. The van der Waals surface area contributed by atoms with E-state index in [2.05, 4.69) is 20.6 Å². The Kier molecular flexibility index (Phi) is 3.00. The molecular weight excluding hydrogens is 206 g/mol. The molecule has 1 N–H and O–H groups in total. The maximum Gasteiger partial charge on any atom is 0.230 e. The number of aryl methyl sites for hydroxylation is 2. The van der Waals surface area contributed by atoms with Gasteiger partial charge >= 0.3 is 0 Å². The summed E-state index contributed by atoms with van der Waals surface area (Å²) in [5.41, 5.74) is 2.34. The molecule has 0 atom stereocenters. The second-order valence-electron chi connectivity index (χ2n) is 3.70. The first-order valence-corrected chi connectivity index (χ1v) is 5.14. The Morgan fingerprint density at radius 1 is 1.31 bits per heavy atom. The van der Waals surface area contributed by atoms with Gasteiger partial charge in [0.25, 0.3) is 0 Å². The molecule has 2 aromatic rings. The van der Waals surface area contributed by atoms with E-state index in [1.807, 2.05) is 24.9 Å². The van der Waals surface area contributed by atoms with E-state index in [1.54, 1.807) is 6.92 Å². The van der Waals surface area contributed by atoms with Crippen LogP contribution in [0.5, 0.6) is 0 Å². The lowest BCUT2D eigenvalue weighted by atomic mass is 10.2. The molecule has 0 aliphatic carbocycles. The molecule has 0 radical (unpaired) electrons. The average Bonchev–Trinajstić information content (AvgIpc) is 2.79. The van der Waals surface area contributed by atoms with Gasteiger partial charge < -0.3 is 9.73 Å². The molecule has 2 heterocycles. The summed E-state index contributed by atoms with van der Waals surface area (Å²) in [6, 6.07) is 0. The normalized spacial score (nSPS) is 10.9. The molecule has 0 fully saturated rings. The zero-order valence-corrected chi connectivity index (χ0v) is 9.69. The van der Waals surface area contributed by atoms with Gasteiger partial charge in [-0.3, -0.25) is 4.68 Å². The maximum atomic E-state index is 5.25. The molecule has 2 aromatic heterocycles. The molecule has 0 aliphatic rings. The highest BCUT2D eigenvalue weighted by atomic mass is 16.4. The van der Waals surface area contributed by atoms with Crippen LogP contribution in [-0.4, -0.2) is 20.0 Å². The summed E-state index contributed by atoms with van der Waals surface area (Å²) < 4.78 is 7.11. The highest BCUT2D eigenvalue weighted by Gasteiger charge is 2.05. The molecule has 16 heavy (non-hydrogen) atoms. The van der Waals surface area contributed by atoms with Crippen molar-refractivity contribution in [3.63, 3.8) is 0 Å². The number of rotatable bonds is 4. The van der Waals surface area contributed by atoms with E-state index in [0.717, 1.165) is 12.2 Å². The summed E-state index contributed by atoms with van der Waals surface area (Å²) in [4.78, 5) is 0. The third-order valence-corrected chi connectivity index (χ3v) is 2.50. The Labute approximate surface area is 93.7 Å². The molecule has 0 aliphatic heterocycles. The highest BCUT2D eigenvalue weighted by molar-refractivity contribution is 5.15. The van der Waals surface area contributed by atoms with E-state index in [9.17, 15) is 0 Å². The van der Waals surface area contributed by atoms with Crippen LogP contribution < -0.4 is 5.32 Å². The Balaban J connectivity index is 1.86. The second-order valence-corrected chi connectivity index (χ2v) is 3.70. The summed E-state index contributed by atoms with van der Waals surface area (Å²) in [7, 11) is 1.93. The van der Waals surface area contributed by atoms with Gasteiger partial charge in [-0.15, -0.1) is 10.2 Å². The average molecular weight is 221 g/mol. The zero-order valence-electron chi connectivity index (χ0n) is 9.69. The van der Waals surface area contributed by atoms with Crippen LogP contribution in [0.3, 0.4) is 0 Å². The number of hydrogen-bond acceptors (Lipinski definition) is 5. The predicted octanol–water partition coefficient (Wildman–Crippen LogP) is 0.710. The SMILES string of the molecule is Cc1nnc(CNCc2cnn(C)c2C)o1. The van der Waals surface area contributed by atoms with Crippen molar-refractivity contribution in [2.24, 2.45) is 7.05 Å². The number of nitrogens with zero attached hydrogens (tertiary/aromatic N) is 4. The number of hydrogen-bond donors (Lipinski definition) is 1. The largest absolute Gasteiger partial charge is 0.424 e. The van der Waals surface area contributed by atoms with Crippen molar-refractivity contribution in [3.8, 4) is 0 Å². The predicted molar refractivity (Wildman–Crippen MR) is 57.5 cm³/mol. The molecule has 2 rings (SSSR count). The van der Waals surface area contributed by atoms with Gasteiger partial charge in [-0.05, 0) is 6.92 Å². The smallest absolute Gasteiger partial charge is 0.230 e. The summed E-state index contributed by atoms with van der Waals surface area (Å²) >= 11 is 0. The minimum atomic E-state index is 0.579. The monoisotopic (exact) mass is 221 g/mol. The van der Waals surface area contributed by atoms with E-state index in [1.165, 1.54) is 5.56 Å². The van der Waals surface area contributed by atoms with E-state index in [-0.39, 0.29) is 0 Å². The molecular formula is C10H15N5O. The molecule has 0 spiro atoms. The molecule has 0 amide bonds. The molecule has 0 saturated heterocycles. The van der Waals surface area contributed by atoms with Crippen LogP contribution in [0.25, 0.3) is 0 Å². The zero-order chi connectivity index (χ0) is 11.5. The fourth-order valence-corrected chi connectivity index (χ4v) is 1.43. The molecule has 0 bridgehead atoms. The van der Waals surface area contributed by atoms with Gasteiger partial charge in [0.2, 0.25) is 11.8 Å². The molecule has 6 heteroatoms. The van der Waals surface area contributed by atoms with Gasteiger partial charge in [-0.1, -0.05) is 0 Å². The van der Waals surface area contributed by atoms with Crippen LogP contribution in [-0.2, 0) is 20.1 Å². The Hall–Kier alpha value is -1.69. The summed E-state index contributed by atoms with van der Waals surface area (Å²) in [5, 5.41) is 15.1. The van der Waals surface area contributed by atoms with E-state index >= 15 is 0 Å². The third-order valence-electron chi connectivity index (χ3n) is 2.50. The Bertz CT molecular complexity index is 473. The van der Waals surface area contributed by atoms with Crippen LogP contribution in [0.4, 0.5) is 0 Å². The Morgan fingerprint density at radius 3 is 2.69 bits per heavy atom. The van der Waals surface area contributed by atoms with Crippen molar-refractivity contribution >= 4 is 0 Å². The minimum absolute atomic E-state index is 0.579. The lowest BCUT2D eigenvalue weighted by Crippen LogP contribution is -2.13. The molecule has 0 aromatic carbocycles. The quantitative estimate of drug-likeness (QED) is 0.823. The van der Waals surface area contributed by atoms with Crippen molar-refractivity contribution in [1.82, 2.24) is 25.3 Å². The third kappa shape index (κ3) is 2.27. The van der Waals surface area contributed by atoms with Gasteiger partial charge in [0.05, 0.1) is 12.7 Å². The van der Waals surface area contributed by atoms with E-state index in [0.29, 0.717) is 18.3 Å². The van der Waals surface area contributed by atoms with Crippen LogP contribution in [0.2, 0.25) is 0 Å². The van der Waals surface area contributed by atoms with Crippen molar-refractivity contribution in [2.45, 2.75) is 26.9 Å². The van der Waals surface area contributed by atoms with Gasteiger partial charge in [0.15, 0.2) is 0 Å². The summed E-state index contributed by atoms with van der Waals surface area (Å²) in [6.07, 6.45) is 1.86. The van der Waals surface area contributed by atoms with Crippen molar-refractivity contribution in [3.05, 3.63) is 29.2 Å². The molecule has 0 saturated carbocycles. The molecule has 0 unspecified atom stereocenters. The lowest BCUT2D eigenvalue weighted by molar-refractivity contribution is 0.446. The fraction of sp³-hybridized carbons (Fsp3) is 0.500. The highest BCUT2D eigenvalue weighted by Crippen LogP contribution is 2.05. The number of nitrogens with one attached hydrogen (secondary N) is 1. The first kappa shape index (κ1) is 10.8. The van der Waals surface area contributed by atoms with Crippen molar-refractivity contribution in [1.29, 1.82) is 0 Å². The minimum Gasteiger partial charge on any atom is -0.424 e. The van der Waals surface area contributed by atoms with Gasteiger partial charge in [0, 0.05) is 31.8 Å². The second kappa shape index (κ2) is 4.44. The van der Waals surface area contributed by atoms with Crippen LogP contribution in [0.15, 0.2) is 10.6 Å². The van der Waals surface area contributed by atoms with Gasteiger partial charge in [0.1, 0.15) is 0 Å². The Morgan fingerprint density at radius 2 is 2.12 bits per heavy atom. The first-order chi connectivity index (χ1) is 7.66. The van der Waals surface area contributed by atoms with Crippen molar-refractivity contribution in [2.75, 3.05) is 0 Å². The standard InChI is InChI=1S/C10H15N5O/c1-7-9(5-12-15(7)3)4-11-6-10-14-13-8(2)16-10/h5,11H,4,6H2,1-3H3. The van der Waals surface area contributed by atoms with E-state index in [4.69, 9.17) is 4.42 Å². The maximum absolute atomic E-state index is 5.25. The van der Waals surface area contributed by atoms with Crippen LogP contribution in [0.1, 0.15) is 23.0 Å². The van der Waals surface area contributed by atoms with Crippen LogP contribution in [0, 0.1) is 13.8 Å². The van der Waals surface area contributed by atoms with Crippen LogP contribution >= 0.6 is 0 Å². The molecule has 6 nitrogen and oxygen atoms in total. The molecule has 86 valence electrons. The van der Waals surface area contributed by atoms with E-state index < -0.39 is 0 Å². The van der Waals surface area contributed by atoms with Gasteiger partial charge in [-0.25, -0.2) is 0 Å². The topological polar surface area (TPSA) is 68.8 Å². The lowest BCUT2D eigenvalue weighted by Gasteiger charge is -2.01. The van der Waals surface area contributed by atoms with Crippen molar-refractivity contribution < 1.29 is 4.42 Å².